The molecule has 0 fully saturated rings. The molecular weight excluding hydrogens is 1370 g/mol. The number of rotatable bonds is 12. The summed E-state index contributed by atoms with van der Waals surface area (Å²) >= 11 is 0. The van der Waals surface area contributed by atoms with Gasteiger partial charge in [0, 0.05) is 44.8 Å². The highest BCUT2D eigenvalue weighted by atomic mass is 15.2. The van der Waals surface area contributed by atoms with Gasteiger partial charge in [-0.05, 0) is 222 Å². The summed E-state index contributed by atoms with van der Waals surface area (Å²) in [5.74, 6) is 0. The summed E-state index contributed by atoms with van der Waals surface area (Å²) in [5, 5.41) is 5.03. The highest BCUT2D eigenvalue weighted by Gasteiger charge is 2.48. The minimum Gasteiger partial charge on any atom is -0.310 e. The van der Waals surface area contributed by atoms with Crippen molar-refractivity contribution in [2.75, 3.05) is 9.80 Å². The summed E-state index contributed by atoms with van der Waals surface area (Å²) in [4.78, 5) is 4.87. The van der Waals surface area contributed by atoms with Crippen molar-refractivity contribution in [2.24, 2.45) is 0 Å². The minimum atomic E-state index is -0.563. The van der Waals surface area contributed by atoms with Gasteiger partial charge < -0.3 is 9.80 Å². The van der Waals surface area contributed by atoms with Crippen LogP contribution in [0.25, 0.3) is 88.3 Å². The molecule has 0 atom stereocenters. The van der Waals surface area contributed by atoms with E-state index in [1.165, 1.54) is 139 Å². The fraction of sp³-hybridized carbons (Fsp3) is 0.0714. The number of benzene rings is 18. The van der Waals surface area contributed by atoms with Gasteiger partial charge in [-0.3, -0.25) is 0 Å². The van der Waals surface area contributed by atoms with E-state index in [-0.39, 0.29) is 40.6 Å². The summed E-state index contributed by atoms with van der Waals surface area (Å²) in [5.41, 5.74) is 33.4. The minimum absolute atomic E-state index is 0.119. The molecule has 0 radical (unpaired) electrons. The van der Waals surface area contributed by atoms with Crippen molar-refractivity contribution in [3.8, 4) is 66.8 Å². The molecule has 0 amide bonds. The molecule has 0 saturated carbocycles. The zero-order valence-electron chi connectivity index (χ0n) is 68.9. The molecule has 540 valence electrons. The second kappa shape index (κ2) is 26.9. The molecule has 0 saturated heterocycles. The van der Waals surface area contributed by atoms with Crippen LogP contribution in [0.2, 0.25) is 0 Å². The second-order valence-electron chi connectivity index (χ2n) is 31.8. The summed E-state index contributed by atoms with van der Waals surface area (Å²) < 4.78 is 41.9. The van der Waals surface area contributed by atoms with Crippen molar-refractivity contribution in [1.29, 1.82) is 0 Å². The summed E-state index contributed by atoms with van der Waals surface area (Å²) in [6.45, 7) is 9.35. The monoisotopic (exact) mass is 1460 g/mol. The smallest absolute Gasteiger partial charge is 0.0714 e. The maximum Gasteiger partial charge on any atom is 0.0714 e. The number of fused-ring (bicyclic) bond motifs is 15. The van der Waals surface area contributed by atoms with E-state index < -0.39 is 16.9 Å². The van der Waals surface area contributed by atoms with Crippen molar-refractivity contribution in [3.05, 3.63) is 491 Å². The lowest BCUT2D eigenvalue weighted by atomic mass is 9.67. The summed E-state index contributed by atoms with van der Waals surface area (Å²) in [7, 11) is 0. The molecule has 2 nitrogen and oxygen atoms in total. The van der Waals surface area contributed by atoms with Crippen LogP contribution >= 0.6 is 0 Å². The van der Waals surface area contributed by atoms with Gasteiger partial charge in [0.05, 0.1) is 23.4 Å². The Morgan fingerprint density at radius 3 is 1.20 bits per heavy atom. The van der Waals surface area contributed by atoms with Gasteiger partial charge >= 0.3 is 0 Å². The molecule has 0 N–H and O–H groups in total. The van der Waals surface area contributed by atoms with E-state index in [0.29, 0.717) is 5.56 Å². The second-order valence-corrected chi connectivity index (χ2v) is 31.8. The normalized spacial score (nSPS) is 14.7. The van der Waals surface area contributed by atoms with Gasteiger partial charge in [0.25, 0.3) is 0 Å². The Labute approximate surface area is 675 Å². The van der Waals surface area contributed by atoms with Crippen molar-refractivity contribution < 1.29 is 6.85 Å². The van der Waals surface area contributed by atoms with Crippen LogP contribution < -0.4 is 9.80 Å². The molecule has 0 unspecified atom stereocenters. The third-order valence-electron chi connectivity index (χ3n) is 25.1. The Balaban J connectivity index is 0.000000149. The Morgan fingerprint density at radius 2 is 0.614 bits per heavy atom. The maximum absolute atomic E-state index is 8.62. The first-order valence-corrected chi connectivity index (χ1v) is 39.6. The zero-order valence-corrected chi connectivity index (χ0v) is 63.9. The van der Waals surface area contributed by atoms with Crippen LogP contribution in [-0.2, 0) is 21.7 Å². The first kappa shape index (κ1) is 62.8. The Morgan fingerprint density at radius 1 is 0.219 bits per heavy atom. The highest BCUT2D eigenvalue weighted by Crippen LogP contribution is 2.61. The predicted molar refractivity (Wildman–Crippen MR) is 478 cm³/mol. The molecular formula is C112H82N2. The molecule has 0 spiro atoms. The summed E-state index contributed by atoms with van der Waals surface area (Å²) in [6, 6.07) is 142. The lowest BCUT2D eigenvalue weighted by Gasteiger charge is -2.35. The van der Waals surface area contributed by atoms with Crippen LogP contribution in [0.4, 0.5) is 34.1 Å². The molecule has 22 rings (SSSR count). The Bertz CT molecular complexity index is 7020. The molecule has 4 aliphatic carbocycles. The molecule has 18 aromatic carbocycles. The zero-order chi connectivity index (χ0) is 80.6. The maximum atomic E-state index is 8.62. The van der Waals surface area contributed by atoms with E-state index in [2.05, 4.69) is 408 Å². The van der Waals surface area contributed by atoms with Crippen molar-refractivity contribution in [1.82, 2.24) is 0 Å². The quantitative estimate of drug-likeness (QED) is 0.113. The predicted octanol–water partition coefficient (Wildman–Crippen LogP) is 29.3. The average Bonchev–Trinajstić information content (AvgIpc) is 1.56. The lowest BCUT2D eigenvalue weighted by molar-refractivity contribution is 0.660. The lowest BCUT2D eigenvalue weighted by Crippen LogP contribution is -2.28. The molecule has 0 heterocycles. The highest BCUT2D eigenvalue weighted by molar-refractivity contribution is 6.09. The largest absolute Gasteiger partial charge is 0.310 e. The fourth-order valence-corrected chi connectivity index (χ4v) is 20.0. The van der Waals surface area contributed by atoms with Crippen LogP contribution in [0.3, 0.4) is 0 Å². The molecule has 0 aromatic heterocycles. The van der Waals surface area contributed by atoms with Crippen LogP contribution in [-0.4, -0.2) is 0 Å². The molecule has 0 aliphatic heterocycles. The first-order valence-electron chi connectivity index (χ1n) is 42.1. The van der Waals surface area contributed by atoms with Gasteiger partial charge in [-0.2, -0.15) is 0 Å². The van der Waals surface area contributed by atoms with E-state index in [0.717, 1.165) is 39.6 Å². The van der Waals surface area contributed by atoms with Crippen LogP contribution in [0, 0.1) is 0 Å². The van der Waals surface area contributed by atoms with E-state index in [1.807, 2.05) is 18.2 Å². The number of hydrogen-bond acceptors (Lipinski definition) is 2. The van der Waals surface area contributed by atoms with Gasteiger partial charge in [0.15, 0.2) is 0 Å². The number of anilines is 6. The van der Waals surface area contributed by atoms with Gasteiger partial charge in [0.2, 0.25) is 0 Å². The molecule has 0 bridgehead atoms. The SMILES string of the molecule is CC1(C)c2ccccc2-c2c(N(c3cccc(C4(c5ccccc5)c5ccccc5-c5ccccc54)c3)c3ccc4c(ccc5ccccc54)c3)cccc21.[2H]c1c([2H])c([2H])c(-c2cccc(-c3ccc(N(c4cccc(C5(c6ccccc6)c6ccccc6-c6ccccc65)c4)c4ccc5c(c4)-c4ccccc4C5(C)C)cc3)c2)c([2H])c1[2H]. The third-order valence-corrected chi connectivity index (χ3v) is 25.1. The van der Waals surface area contributed by atoms with Gasteiger partial charge in [-0.1, -0.05) is 379 Å². The first-order chi connectivity index (χ1) is 58.1. The molecule has 2 heteroatoms. The Hall–Kier alpha value is -13.9. The third kappa shape index (κ3) is 10.5. The van der Waals surface area contributed by atoms with E-state index in [9.17, 15) is 0 Å². The van der Waals surface area contributed by atoms with Crippen molar-refractivity contribution >= 4 is 55.7 Å². The standard InChI is InChI=1S/C58H43N.C54H39N/c1-57(2)53-28-12-9-27-51(53)52-39-48(35-36-54(52)57)59(46-33-31-41(32-34-46)43-20-15-19-42(37-43)40-17-5-3-6-18-40)47-24-16-23-45(38-47)58(44-21-7-4-8-22-44)55-29-13-10-25-49(55)50-26-11-14-30-56(50)58;1-53(2)47-25-11-10-24-46(47)52-50(53)28-15-29-51(52)55(41-32-33-43-37(34-41)31-30-36-16-6-7-21-42(36)43)40-20-14-19-39(35-40)54(38-17-4-3-5-18-38)48-26-12-8-22-44(48)45-23-9-13-27-49(45)54/h3-39H,1-2H3;3-35H,1-2H3/i3D,5D,6D,17D,18D;. The number of hydrogen-bond donors (Lipinski definition) is 0. The van der Waals surface area contributed by atoms with Crippen LogP contribution in [0.15, 0.2) is 425 Å². The van der Waals surface area contributed by atoms with E-state index >= 15 is 0 Å². The Kier molecular flexibility index (Phi) is 14.8. The van der Waals surface area contributed by atoms with Crippen LogP contribution in [0.1, 0.15) is 101 Å². The van der Waals surface area contributed by atoms with Crippen molar-refractivity contribution in [3.63, 3.8) is 0 Å². The van der Waals surface area contributed by atoms with Gasteiger partial charge in [0.1, 0.15) is 0 Å². The van der Waals surface area contributed by atoms with E-state index in [4.69, 9.17) is 6.85 Å². The van der Waals surface area contributed by atoms with Gasteiger partial charge in [-0.15, -0.1) is 0 Å². The molecule has 18 aromatic rings. The fourth-order valence-electron chi connectivity index (χ4n) is 20.0. The average molecular weight is 1460 g/mol. The topological polar surface area (TPSA) is 6.48 Å². The molecule has 4 aliphatic rings. The molecule has 114 heavy (non-hydrogen) atoms. The van der Waals surface area contributed by atoms with Crippen molar-refractivity contribution in [2.45, 2.75) is 49.4 Å². The van der Waals surface area contributed by atoms with E-state index in [1.54, 1.807) is 6.07 Å². The number of nitrogens with zero attached hydrogens (tertiary/aromatic N) is 2. The van der Waals surface area contributed by atoms with Crippen LogP contribution in [0.5, 0.6) is 0 Å². The van der Waals surface area contributed by atoms with Gasteiger partial charge in [-0.25, -0.2) is 0 Å². The summed E-state index contributed by atoms with van der Waals surface area (Å²) in [6.07, 6.45) is 0.